The highest BCUT2D eigenvalue weighted by atomic mass is 79.9. The van der Waals surface area contributed by atoms with Crippen LogP contribution in [0.3, 0.4) is 0 Å². The van der Waals surface area contributed by atoms with Crippen LogP contribution in [-0.2, 0) is 5.54 Å². The highest BCUT2D eigenvalue weighted by molar-refractivity contribution is 9.10. The zero-order valence-corrected chi connectivity index (χ0v) is 11.5. The maximum Gasteiger partial charge on any atom is 0.194 e. The van der Waals surface area contributed by atoms with Crippen LogP contribution in [0.4, 0.5) is 5.69 Å². The lowest BCUT2D eigenvalue weighted by molar-refractivity contribution is 0.0928. The number of halogens is 1. The SMILES string of the molecule is CC1(c2ccccc2Br)Nc2ccccc2C1=O. The monoisotopic (exact) mass is 301 g/mol. The molecular weight excluding hydrogens is 290 g/mol. The molecule has 0 aliphatic carbocycles. The topological polar surface area (TPSA) is 29.1 Å². The van der Waals surface area contributed by atoms with Crippen LogP contribution in [0.5, 0.6) is 0 Å². The third-order valence-electron chi connectivity index (χ3n) is 3.42. The zero-order chi connectivity index (χ0) is 12.8. The molecular formula is C15H12BrNO. The average molecular weight is 302 g/mol. The van der Waals surface area contributed by atoms with E-state index in [0.717, 1.165) is 21.3 Å². The Hall–Kier alpha value is -1.61. The van der Waals surface area contributed by atoms with Gasteiger partial charge < -0.3 is 5.32 Å². The number of anilines is 1. The highest BCUT2D eigenvalue weighted by Gasteiger charge is 2.43. The molecule has 0 bridgehead atoms. The van der Waals surface area contributed by atoms with Crippen molar-refractivity contribution in [3.63, 3.8) is 0 Å². The first-order valence-electron chi connectivity index (χ1n) is 5.80. The molecule has 0 saturated carbocycles. The predicted molar refractivity (Wildman–Crippen MR) is 75.9 cm³/mol. The molecule has 1 aliphatic heterocycles. The number of ketones is 1. The lowest BCUT2D eigenvalue weighted by Gasteiger charge is -2.25. The van der Waals surface area contributed by atoms with E-state index in [1.807, 2.05) is 55.5 Å². The number of carbonyl (C=O) groups excluding carboxylic acids is 1. The Kier molecular flexibility index (Phi) is 2.52. The minimum absolute atomic E-state index is 0.116. The van der Waals surface area contributed by atoms with Crippen molar-refractivity contribution in [2.24, 2.45) is 0 Å². The molecule has 1 unspecified atom stereocenters. The van der Waals surface area contributed by atoms with Gasteiger partial charge in [-0.3, -0.25) is 4.79 Å². The molecule has 3 heteroatoms. The predicted octanol–water partition coefficient (Wildman–Crippen LogP) is 3.97. The smallest absolute Gasteiger partial charge is 0.194 e. The van der Waals surface area contributed by atoms with Crippen molar-refractivity contribution < 1.29 is 4.79 Å². The molecule has 90 valence electrons. The third kappa shape index (κ3) is 1.51. The van der Waals surface area contributed by atoms with Crippen molar-refractivity contribution in [1.82, 2.24) is 0 Å². The number of hydrogen-bond donors (Lipinski definition) is 1. The summed E-state index contributed by atoms with van der Waals surface area (Å²) in [6.45, 7) is 1.93. The second-order valence-corrected chi connectivity index (χ2v) is 5.46. The van der Waals surface area contributed by atoms with Crippen molar-refractivity contribution in [1.29, 1.82) is 0 Å². The molecule has 0 radical (unpaired) electrons. The minimum Gasteiger partial charge on any atom is -0.368 e. The number of para-hydroxylation sites is 1. The molecule has 3 rings (SSSR count). The molecule has 1 N–H and O–H groups in total. The highest BCUT2D eigenvalue weighted by Crippen LogP contribution is 2.41. The maximum atomic E-state index is 12.6. The zero-order valence-electron chi connectivity index (χ0n) is 9.91. The lowest BCUT2D eigenvalue weighted by atomic mass is 9.88. The van der Waals surface area contributed by atoms with Gasteiger partial charge in [-0.2, -0.15) is 0 Å². The van der Waals surface area contributed by atoms with Gasteiger partial charge in [-0.15, -0.1) is 0 Å². The van der Waals surface area contributed by atoms with Gasteiger partial charge >= 0.3 is 0 Å². The summed E-state index contributed by atoms with van der Waals surface area (Å²) in [6, 6.07) is 15.5. The van der Waals surface area contributed by atoms with Crippen molar-refractivity contribution in [3.8, 4) is 0 Å². The van der Waals surface area contributed by atoms with Gasteiger partial charge in [0, 0.05) is 15.7 Å². The standard InChI is InChI=1S/C15H12BrNO/c1-15(11-7-3-4-8-12(11)16)14(18)10-6-2-5-9-13(10)17-15/h2-9,17H,1H3. The fourth-order valence-electron chi connectivity index (χ4n) is 2.44. The summed E-state index contributed by atoms with van der Waals surface area (Å²) in [5.41, 5.74) is 1.94. The number of Topliss-reactive ketones (excluding diaryl/α,β-unsaturated/α-hetero) is 1. The van der Waals surface area contributed by atoms with E-state index in [2.05, 4.69) is 21.2 Å². The third-order valence-corrected chi connectivity index (χ3v) is 4.11. The summed E-state index contributed by atoms with van der Waals surface area (Å²) in [5, 5.41) is 3.34. The molecule has 0 amide bonds. The van der Waals surface area contributed by atoms with Gasteiger partial charge in [0.2, 0.25) is 0 Å². The minimum atomic E-state index is -0.691. The summed E-state index contributed by atoms with van der Waals surface area (Å²) in [4.78, 5) is 12.6. The Morgan fingerprint density at radius 1 is 1.06 bits per heavy atom. The first-order valence-corrected chi connectivity index (χ1v) is 6.59. The number of carbonyl (C=O) groups is 1. The van der Waals surface area contributed by atoms with Gasteiger partial charge in [-0.1, -0.05) is 46.3 Å². The van der Waals surface area contributed by atoms with E-state index in [-0.39, 0.29) is 5.78 Å². The molecule has 18 heavy (non-hydrogen) atoms. The summed E-state index contributed by atoms with van der Waals surface area (Å²) >= 11 is 3.52. The van der Waals surface area contributed by atoms with E-state index < -0.39 is 5.54 Å². The van der Waals surface area contributed by atoms with E-state index in [9.17, 15) is 4.79 Å². The molecule has 1 heterocycles. The van der Waals surface area contributed by atoms with E-state index in [0.29, 0.717) is 0 Å². The Balaban J connectivity index is 2.15. The lowest BCUT2D eigenvalue weighted by Crippen LogP contribution is -2.35. The normalized spacial score (nSPS) is 21.6. The van der Waals surface area contributed by atoms with Crippen molar-refractivity contribution >= 4 is 27.4 Å². The van der Waals surface area contributed by atoms with E-state index in [1.54, 1.807) is 0 Å². The molecule has 0 spiro atoms. The molecule has 0 fully saturated rings. The number of rotatable bonds is 1. The van der Waals surface area contributed by atoms with Crippen LogP contribution in [0, 0.1) is 0 Å². The van der Waals surface area contributed by atoms with Gasteiger partial charge in [-0.25, -0.2) is 0 Å². The maximum absolute atomic E-state index is 12.6. The average Bonchev–Trinajstić information content (AvgIpc) is 2.64. The summed E-state index contributed by atoms with van der Waals surface area (Å²) < 4.78 is 0.946. The molecule has 0 aromatic heterocycles. The van der Waals surface area contributed by atoms with Gasteiger partial charge in [0.1, 0.15) is 5.54 Å². The summed E-state index contributed by atoms with van der Waals surface area (Å²) in [5.74, 6) is 0.116. The Morgan fingerprint density at radius 3 is 2.44 bits per heavy atom. The van der Waals surface area contributed by atoms with E-state index in [4.69, 9.17) is 0 Å². The first-order chi connectivity index (χ1) is 8.63. The Labute approximate surface area is 114 Å². The molecule has 2 nitrogen and oxygen atoms in total. The van der Waals surface area contributed by atoms with E-state index >= 15 is 0 Å². The van der Waals surface area contributed by atoms with Gasteiger partial charge in [0.05, 0.1) is 0 Å². The molecule has 0 saturated heterocycles. The summed E-state index contributed by atoms with van der Waals surface area (Å²) in [7, 11) is 0. The Bertz CT molecular complexity index is 638. The largest absolute Gasteiger partial charge is 0.368 e. The van der Waals surface area contributed by atoms with Gasteiger partial charge in [0.25, 0.3) is 0 Å². The number of hydrogen-bond acceptors (Lipinski definition) is 2. The fourth-order valence-corrected chi connectivity index (χ4v) is 3.12. The fraction of sp³-hybridized carbons (Fsp3) is 0.133. The van der Waals surface area contributed by atoms with Crippen LogP contribution >= 0.6 is 15.9 Å². The van der Waals surface area contributed by atoms with Crippen LogP contribution in [0.15, 0.2) is 53.0 Å². The molecule has 1 atom stereocenters. The molecule has 2 aromatic rings. The molecule has 1 aliphatic rings. The first kappa shape index (κ1) is 11.5. The van der Waals surface area contributed by atoms with Gasteiger partial charge in [0.15, 0.2) is 5.78 Å². The second-order valence-electron chi connectivity index (χ2n) is 4.60. The van der Waals surface area contributed by atoms with Crippen molar-refractivity contribution in [2.75, 3.05) is 5.32 Å². The number of benzene rings is 2. The van der Waals surface area contributed by atoms with Crippen LogP contribution in [0.25, 0.3) is 0 Å². The quantitative estimate of drug-likeness (QED) is 0.863. The van der Waals surface area contributed by atoms with Crippen LogP contribution in [0.2, 0.25) is 0 Å². The molecule has 2 aromatic carbocycles. The van der Waals surface area contributed by atoms with E-state index in [1.165, 1.54) is 0 Å². The Morgan fingerprint density at radius 2 is 1.72 bits per heavy atom. The van der Waals surface area contributed by atoms with Gasteiger partial charge in [-0.05, 0) is 30.7 Å². The van der Waals surface area contributed by atoms with Crippen molar-refractivity contribution in [3.05, 3.63) is 64.1 Å². The van der Waals surface area contributed by atoms with Crippen LogP contribution < -0.4 is 5.32 Å². The number of nitrogens with one attached hydrogen (secondary N) is 1. The second kappa shape index (κ2) is 3.95. The summed E-state index contributed by atoms with van der Waals surface area (Å²) in [6.07, 6.45) is 0. The number of fused-ring (bicyclic) bond motifs is 1. The van der Waals surface area contributed by atoms with Crippen LogP contribution in [-0.4, -0.2) is 5.78 Å². The van der Waals surface area contributed by atoms with Crippen molar-refractivity contribution in [2.45, 2.75) is 12.5 Å². The van der Waals surface area contributed by atoms with Crippen LogP contribution in [0.1, 0.15) is 22.8 Å².